The molecule has 1 saturated carbocycles. The number of hydrogen-bond acceptors (Lipinski definition) is 2. The number of likely N-dealkylation sites (tertiary alicyclic amines) is 1. The van der Waals surface area contributed by atoms with Crippen LogP contribution in [0.4, 0.5) is 0 Å². The molecule has 3 unspecified atom stereocenters. The van der Waals surface area contributed by atoms with Gasteiger partial charge in [-0.1, -0.05) is 28.1 Å². The van der Waals surface area contributed by atoms with Gasteiger partial charge in [-0.25, -0.2) is 0 Å². The molecule has 0 radical (unpaired) electrons. The molecular weight excluding hydrogens is 334 g/mol. The highest BCUT2D eigenvalue weighted by atomic mass is 79.9. The summed E-state index contributed by atoms with van der Waals surface area (Å²) >= 11 is 3.47. The Morgan fingerprint density at radius 3 is 2.57 bits per heavy atom. The molecule has 1 saturated heterocycles. The maximum absolute atomic E-state index is 12.7. The van der Waals surface area contributed by atoms with Crippen molar-refractivity contribution in [2.45, 2.75) is 31.7 Å². The van der Waals surface area contributed by atoms with Crippen LogP contribution in [0.3, 0.4) is 0 Å². The molecule has 1 aromatic rings. The molecule has 0 bridgehead atoms. The van der Waals surface area contributed by atoms with Crippen molar-refractivity contribution in [2.75, 3.05) is 6.54 Å². The molecule has 1 aliphatic carbocycles. The van der Waals surface area contributed by atoms with Crippen LogP contribution in [0, 0.1) is 11.8 Å². The Hall–Kier alpha value is -1.36. The van der Waals surface area contributed by atoms with Crippen molar-refractivity contribution in [3.05, 3.63) is 34.3 Å². The quantitative estimate of drug-likeness (QED) is 0.909. The number of halogens is 1. The summed E-state index contributed by atoms with van der Waals surface area (Å²) in [6.45, 7) is 0.735. The van der Waals surface area contributed by atoms with E-state index >= 15 is 0 Å². The first-order chi connectivity index (χ1) is 10.1. The number of carbonyl (C=O) groups is 2. The van der Waals surface area contributed by atoms with Gasteiger partial charge in [0.25, 0.3) is 0 Å². The number of carboxylic acids is 1. The van der Waals surface area contributed by atoms with E-state index in [9.17, 15) is 9.59 Å². The predicted molar refractivity (Wildman–Crippen MR) is 81.7 cm³/mol. The summed E-state index contributed by atoms with van der Waals surface area (Å²) < 4.78 is 1.01. The smallest absolute Gasteiger partial charge is 0.307 e. The molecule has 3 atom stereocenters. The zero-order chi connectivity index (χ0) is 15.0. The van der Waals surface area contributed by atoms with Gasteiger partial charge in [0.05, 0.1) is 17.9 Å². The highest BCUT2D eigenvalue weighted by Crippen LogP contribution is 2.40. The Kier molecular flexibility index (Phi) is 4.02. The van der Waals surface area contributed by atoms with Crippen LogP contribution < -0.4 is 0 Å². The molecule has 1 aliphatic heterocycles. The van der Waals surface area contributed by atoms with E-state index in [-0.39, 0.29) is 17.9 Å². The van der Waals surface area contributed by atoms with E-state index in [2.05, 4.69) is 15.9 Å². The molecular formula is C16H18BrNO3. The SMILES string of the molecule is O=C(O)C1CCC1C(=O)N1CCCC1c1cccc(Br)c1. The molecule has 1 amide bonds. The summed E-state index contributed by atoms with van der Waals surface area (Å²) in [4.78, 5) is 25.7. The second kappa shape index (κ2) is 5.79. The van der Waals surface area contributed by atoms with E-state index in [0.29, 0.717) is 12.8 Å². The third-order valence-corrected chi connectivity index (χ3v) is 5.17. The van der Waals surface area contributed by atoms with Crippen LogP contribution in [-0.4, -0.2) is 28.4 Å². The number of carboxylic acid groups (broad SMARTS) is 1. The Labute approximate surface area is 132 Å². The standard InChI is InChI=1S/C16H18BrNO3/c17-11-4-1-3-10(9-11)14-5-2-8-18(14)15(19)12-6-7-13(12)16(20)21/h1,3-4,9,12-14H,2,5-8H2,(H,20,21). The summed E-state index contributed by atoms with van der Waals surface area (Å²) in [5.41, 5.74) is 1.13. The Bertz CT molecular complexity index is 574. The number of aliphatic carboxylic acids is 1. The van der Waals surface area contributed by atoms with Crippen LogP contribution in [0.15, 0.2) is 28.7 Å². The fourth-order valence-corrected chi connectivity index (χ4v) is 3.81. The number of hydrogen-bond donors (Lipinski definition) is 1. The second-order valence-electron chi connectivity index (χ2n) is 5.87. The Balaban J connectivity index is 1.78. The first-order valence-electron chi connectivity index (χ1n) is 7.36. The van der Waals surface area contributed by atoms with Gasteiger partial charge < -0.3 is 10.0 Å². The molecule has 5 heteroatoms. The minimum atomic E-state index is -0.835. The van der Waals surface area contributed by atoms with Crippen LogP contribution in [0.2, 0.25) is 0 Å². The highest BCUT2D eigenvalue weighted by molar-refractivity contribution is 9.10. The van der Waals surface area contributed by atoms with Crippen molar-refractivity contribution in [1.82, 2.24) is 4.90 Å². The molecule has 1 heterocycles. The second-order valence-corrected chi connectivity index (χ2v) is 6.79. The largest absolute Gasteiger partial charge is 0.481 e. The van der Waals surface area contributed by atoms with Gasteiger partial charge in [0.15, 0.2) is 0 Å². The van der Waals surface area contributed by atoms with Gasteiger partial charge in [0, 0.05) is 11.0 Å². The fraction of sp³-hybridized carbons (Fsp3) is 0.500. The first-order valence-corrected chi connectivity index (χ1v) is 8.16. The number of carbonyl (C=O) groups excluding carboxylic acids is 1. The molecule has 1 N–H and O–H groups in total. The lowest BCUT2D eigenvalue weighted by atomic mass is 9.72. The molecule has 21 heavy (non-hydrogen) atoms. The summed E-state index contributed by atoms with van der Waals surface area (Å²) in [6, 6.07) is 8.12. The predicted octanol–water partition coefficient (Wildman–Crippen LogP) is 3.22. The zero-order valence-electron chi connectivity index (χ0n) is 11.7. The molecule has 4 nitrogen and oxygen atoms in total. The van der Waals surface area contributed by atoms with E-state index < -0.39 is 11.9 Å². The zero-order valence-corrected chi connectivity index (χ0v) is 13.3. The van der Waals surface area contributed by atoms with Crippen LogP contribution >= 0.6 is 15.9 Å². The molecule has 2 aliphatic rings. The van der Waals surface area contributed by atoms with Crippen LogP contribution in [0.5, 0.6) is 0 Å². The number of rotatable bonds is 3. The van der Waals surface area contributed by atoms with Gasteiger partial charge in [-0.2, -0.15) is 0 Å². The van der Waals surface area contributed by atoms with E-state index in [0.717, 1.165) is 29.4 Å². The maximum Gasteiger partial charge on any atom is 0.307 e. The summed E-state index contributed by atoms with van der Waals surface area (Å²) in [6.07, 6.45) is 3.26. The number of amides is 1. The molecule has 0 spiro atoms. The van der Waals surface area contributed by atoms with Crippen molar-refractivity contribution in [3.8, 4) is 0 Å². The van der Waals surface area contributed by atoms with Crippen molar-refractivity contribution >= 4 is 27.8 Å². The van der Waals surface area contributed by atoms with Gasteiger partial charge in [-0.15, -0.1) is 0 Å². The van der Waals surface area contributed by atoms with Crippen LogP contribution in [0.1, 0.15) is 37.3 Å². The van der Waals surface area contributed by atoms with E-state index in [1.807, 2.05) is 29.2 Å². The topological polar surface area (TPSA) is 57.6 Å². The van der Waals surface area contributed by atoms with Gasteiger partial charge in [0.1, 0.15) is 0 Å². The number of nitrogens with zero attached hydrogens (tertiary/aromatic N) is 1. The monoisotopic (exact) mass is 351 g/mol. The average Bonchev–Trinajstić information content (AvgIpc) is 2.85. The Morgan fingerprint density at radius 2 is 1.95 bits per heavy atom. The van der Waals surface area contributed by atoms with Crippen molar-refractivity contribution < 1.29 is 14.7 Å². The van der Waals surface area contributed by atoms with Crippen molar-refractivity contribution in [2.24, 2.45) is 11.8 Å². The first kappa shape index (κ1) is 14.6. The minimum Gasteiger partial charge on any atom is -0.481 e. The van der Waals surface area contributed by atoms with Gasteiger partial charge in [-0.05, 0) is 43.4 Å². The lowest BCUT2D eigenvalue weighted by molar-refractivity contribution is -0.157. The van der Waals surface area contributed by atoms with E-state index in [1.54, 1.807) is 0 Å². The van der Waals surface area contributed by atoms with Gasteiger partial charge >= 0.3 is 5.97 Å². The summed E-state index contributed by atoms with van der Waals surface area (Å²) in [5, 5.41) is 9.14. The van der Waals surface area contributed by atoms with Crippen molar-refractivity contribution in [3.63, 3.8) is 0 Å². The summed E-state index contributed by atoms with van der Waals surface area (Å²) in [5.74, 6) is -1.62. The molecule has 1 aromatic carbocycles. The minimum absolute atomic E-state index is 0.0242. The fourth-order valence-electron chi connectivity index (χ4n) is 3.40. The van der Waals surface area contributed by atoms with E-state index in [4.69, 9.17) is 5.11 Å². The van der Waals surface area contributed by atoms with Crippen LogP contribution in [-0.2, 0) is 9.59 Å². The summed E-state index contributed by atoms with van der Waals surface area (Å²) in [7, 11) is 0. The lowest BCUT2D eigenvalue weighted by Gasteiger charge is -2.37. The Morgan fingerprint density at radius 1 is 1.19 bits per heavy atom. The molecule has 2 fully saturated rings. The van der Waals surface area contributed by atoms with Gasteiger partial charge in [0.2, 0.25) is 5.91 Å². The number of benzene rings is 1. The normalized spacial score (nSPS) is 28.2. The molecule has 112 valence electrons. The molecule has 3 rings (SSSR count). The lowest BCUT2D eigenvalue weighted by Crippen LogP contribution is -2.45. The van der Waals surface area contributed by atoms with Crippen molar-refractivity contribution in [1.29, 1.82) is 0 Å². The molecule has 0 aromatic heterocycles. The highest BCUT2D eigenvalue weighted by Gasteiger charge is 2.45. The van der Waals surface area contributed by atoms with Crippen LogP contribution in [0.25, 0.3) is 0 Å². The van der Waals surface area contributed by atoms with E-state index in [1.165, 1.54) is 0 Å². The average molecular weight is 352 g/mol. The van der Waals surface area contributed by atoms with Gasteiger partial charge in [-0.3, -0.25) is 9.59 Å². The third kappa shape index (κ3) is 2.71. The maximum atomic E-state index is 12.7. The third-order valence-electron chi connectivity index (χ3n) is 4.68.